The lowest BCUT2D eigenvalue weighted by molar-refractivity contribution is -0.142. The van der Waals surface area contributed by atoms with Gasteiger partial charge < -0.3 is 10.0 Å². The molecular weight excluding hydrogens is 290 g/mol. The molecule has 2 unspecified atom stereocenters. The van der Waals surface area contributed by atoms with Gasteiger partial charge in [0.15, 0.2) is 0 Å². The number of carboxylic acid groups (broad SMARTS) is 1. The van der Waals surface area contributed by atoms with E-state index in [0.29, 0.717) is 17.8 Å². The third-order valence-electron chi connectivity index (χ3n) is 4.24. The first-order valence-electron chi connectivity index (χ1n) is 6.87. The van der Waals surface area contributed by atoms with Crippen molar-refractivity contribution in [3.05, 3.63) is 16.6 Å². The van der Waals surface area contributed by atoms with E-state index in [2.05, 4.69) is 5.10 Å². The highest BCUT2D eigenvalue weighted by atomic mass is 32.1. The highest BCUT2D eigenvalue weighted by Gasteiger charge is 2.38. The van der Waals surface area contributed by atoms with Crippen molar-refractivity contribution in [2.45, 2.75) is 26.3 Å². The van der Waals surface area contributed by atoms with Crippen LogP contribution in [0.15, 0.2) is 6.07 Å². The maximum absolute atomic E-state index is 12.6. The quantitative estimate of drug-likeness (QED) is 0.919. The van der Waals surface area contributed by atoms with Crippen LogP contribution in [0.1, 0.15) is 28.7 Å². The summed E-state index contributed by atoms with van der Waals surface area (Å²) in [6.45, 7) is 4.23. The molecule has 1 aliphatic heterocycles. The van der Waals surface area contributed by atoms with Gasteiger partial charge in [0, 0.05) is 25.0 Å². The first-order chi connectivity index (χ1) is 9.90. The number of carbonyl (C=O) groups is 2. The summed E-state index contributed by atoms with van der Waals surface area (Å²) in [5.74, 6) is -1.37. The maximum atomic E-state index is 12.6. The van der Waals surface area contributed by atoms with E-state index in [9.17, 15) is 9.59 Å². The first-order valence-corrected chi connectivity index (χ1v) is 7.68. The number of carboxylic acids is 1. The number of hydrogen-bond acceptors (Lipinski definition) is 4. The van der Waals surface area contributed by atoms with Crippen LogP contribution in [0, 0.1) is 12.8 Å². The zero-order valence-corrected chi connectivity index (χ0v) is 13.0. The van der Waals surface area contributed by atoms with Crippen molar-refractivity contribution in [3.8, 4) is 0 Å². The summed E-state index contributed by atoms with van der Waals surface area (Å²) < 4.78 is 1.78. The van der Waals surface area contributed by atoms with Crippen molar-refractivity contribution in [1.29, 1.82) is 0 Å². The van der Waals surface area contributed by atoms with Gasteiger partial charge in [0.05, 0.1) is 16.5 Å². The minimum Gasteiger partial charge on any atom is -0.481 e. The van der Waals surface area contributed by atoms with Gasteiger partial charge in [-0.3, -0.25) is 14.3 Å². The molecule has 6 nitrogen and oxygen atoms in total. The molecule has 21 heavy (non-hydrogen) atoms. The van der Waals surface area contributed by atoms with Crippen molar-refractivity contribution in [2.24, 2.45) is 13.0 Å². The molecule has 0 aliphatic carbocycles. The van der Waals surface area contributed by atoms with Gasteiger partial charge in [-0.25, -0.2) is 0 Å². The van der Waals surface area contributed by atoms with E-state index in [1.807, 2.05) is 27.0 Å². The summed E-state index contributed by atoms with van der Waals surface area (Å²) in [5, 5.41) is 14.5. The molecule has 1 amide bonds. The lowest BCUT2D eigenvalue weighted by Crippen LogP contribution is -2.37. The second kappa shape index (κ2) is 4.84. The molecule has 112 valence electrons. The second-order valence-corrected chi connectivity index (χ2v) is 6.54. The highest BCUT2D eigenvalue weighted by molar-refractivity contribution is 7.20. The Morgan fingerprint density at radius 2 is 2.19 bits per heavy atom. The van der Waals surface area contributed by atoms with Crippen molar-refractivity contribution >= 4 is 33.4 Å². The molecule has 1 saturated heterocycles. The van der Waals surface area contributed by atoms with E-state index in [-0.39, 0.29) is 11.9 Å². The fraction of sp³-hybridized carbons (Fsp3) is 0.500. The lowest BCUT2D eigenvalue weighted by Gasteiger charge is -2.22. The topological polar surface area (TPSA) is 75.4 Å². The van der Waals surface area contributed by atoms with E-state index in [0.717, 1.165) is 15.9 Å². The molecule has 1 fully saturated rings. The lowest BCUT2D eigenvalue weighted by atomic mass is 10.0. The summed E-state index contributed by atoms with van der Waals surface area (Å²) in [6.07, 6.45) is 0.522. The van der Waals surface area contributed by atoms with Crippen molar-refractivity contribution in [1.82, 2.24) is 14.7 Å². The van der Waals surface area contributed by atoms with Crippen LogP contribution in [0.5, 0.6) is 0 Å². The molecule has 2 aromatic heterocycles. The average Bonchev–Trinajstić information content (AvgIpc) is 3.06. The number of aliphatic carboxylic acids is 1. The van der Waals surface area contributed by atoms with Gasteiger partial charge in [0.2, 0.25) is 0 Å². The highest BCUT2D eigenvalue weighted by Crippen LogP contribution is 2.31. The number of fused-ring (bicyclic) bond motifs is 1. The Hall–Kier alpha value is -1.89. The molecule has 0 aromatic carbocycles. The molecule has 3 rings (SSSR count). The number of aromatic nitrogens is 2. The fourth-order valence-electron chi connectivity index (χ4n) is 3.01. The second-order valence-electron chi connectivity index (χ2n) is 5.51. The fourth-order valence-corrected chi connectivity index (χ4v) is 4.09. The summed E-state index contributed by atoms with van der Waals surface area (Å²) in [7, 11) is 1.86. The van der Waals surface area contributed by atoms with Crippen molar-refractivity contribution in [2.75, 3.05) is 6.54 Å². The summed E-state index contributed by atoms with van der Waals surface area (Å²) in [4.78, 5) is 27.1. The smallest absolute Gasteiger partial charge is 0.308 e. The number of amides is 1. The Balaban J connectivity index is 1.91. The third-order valence-corrected chi connectivity index (χ3v) is 5.43. The monoisotopic (exact) mass is 307 g/mol. The van der Waals surface area contributed by atoms with Gasteiger partial charge in [-0.05, 0) is 26.3 Å². The van der Waals surface area contributed by atoms with E-state index in [4.69, 9.17) is 5.11 Å². The van der Waals surface area contributed by atoms with Crippen molar-refractivity contribution < 1.29 is 14.7 Å². The van der Waals surface area contributed by atoms with Gasteiger partial charge >= 0.3 is 5.97 Å². The molecule has 7 heteroatoms. The Morgan fingerprint density at radius 1 is 1.48 bits per heavy atom. The standard InChI is InChI=1S/C14H17N3O3S/c1-7-10-6-11(21-13(10)16(3)15-7)12(18)17-5-4-9(8(17)2)14(19)20/h6,8-9H,4-5H2,1-3H3,(H,19,20). The number of thiophene rings is 1. The van der Waals surface area contributed by atoms with Crippen LogP contribution < -0.4 is 0 Å². The largest absolute Gasteiger partial charge is 0.481 e. The molecule has 0 bridgehead atoms. The summed E-state index contributed by atoms with van der Waals surface area (Å²) >= 11 is 1.41. The van der Waals surface area contributed by atoms with Crippen LogP contribution in [0.4, 0.5) is 0 Å². The Kier molecular flexibility index (Phi) is 3.24. The van der Waals surface area contributed by atoms with Gasteiger partial charge in [-0.1, -0.05) is 0 Å². The van der Waals surface area contributed by atoms with Crippen LogP contribution >= 0.6 is 11.3 Å². The zero-order chi connectivity index (χ0) is 15.3. The van der Waals surface area contributed by atoms with Crippen LogP contribution in [-0.4, -0.2) is 44.3 Å². The van der Waals surface area contributed by atoms with E-state index >= 15 is 0 Å². The number of rotatable bonds is 2. The van der Waals surface area contributed by atoms with Crippen molar-refractivity contribution in [3.63, 3.8) is 0 Å². The van der Waals surface area contributed by atoms with Crippen LogP contribution in [0.3, 0.4) is 0 Å². The normalized spacial score (nSPS) is 22.1. The third kappa shape index (κ3) is 2.12. The first kappa shape index (κ1) is 14.1. The minimum atomic E-state index is -0.825. The Bertz CT molecular complexity index is 699. The number of aryl methyl sites for hydroxylation is 2. The predicted molar refractivity (Wildman–Crippen MR) is 79.6 cm³/mol. The molecule has 1 aliphatic rings. The molecule has 0 spiro atoms. The Labute approximate surface area is 126 Å². The number of likely N-dealkylation sites (tertiary alicyclic amines) is 1. The summed E-state index contributed by atoms with van der Waals surface area (Å²) in [5.41, 5.74) is 0.903. The SMILES string of the molecule is Cc1nn(C)c2sc(C(=O)N3CCC(C(=O)O)C3C)cc12. The number of nitrogens with zero attached hydrogens (tertiary/aromatic N) is 3. The average molecular weight is 307 g/mol. The van der Waals surface area contributed by atoms with Gasteiger partial charge in [-0.2, -0.15) is 5.10 Å². The van der Waals surface area contributed by atoms with Crippen LogP contribution in [-0.2, 0) is 11.8 Å². The molecule has 0 radical (unpaired) electrons. The number of carbonyl (C=O) groups excluding carboxylic acids is 1. The molecule has 3 heterocycles. The Morgan fingerprint density at radius 3 is 2.76 bits per heavy atom. The van der Waals surface area contributed by atoms with Crippen LogP contribution in [0.25, 0.3) is 10.2 Å². The number of hydrogen-bond donors (Lipinski definition) is 1. The van der Waals surface area contributed by atoms with E-state index < -0.39 is 11.9 Å². The molecular formula is C14H17N3O3S. The zero-order valence-electron chi connectivity index (χ0n) is 12.2. The van der Waals surface area contributed by atoms with Gasteiger partial charge in [0.25, 0.3) is 5.91 Å². The van der Waals surface area contributed by atoms with Gasteiger partial charge in [-0.15, -0.1) is 11.3 Å². The molecule has 1 N–H and O–H groups in total. The van der Waals surface area contributed by atoms with Gasteiger partial charge in [0.1, 0.15) is 4.83 Å². The molecule has 2 aromatic rings. The maximum Gasteiger partial charge on any atom is 0.308 e. The van der Waals surface area contributed by atoms with E-state index in [1.165, 1.54) is 11.3 Å². The van der Waals surface area contributed by atoms with Crippen LogP contribution in [0.2, 0.25) is 0 Å². The summed E-state index contributed by atoms with van der Waals surface area (Å²) in [6, 6.07) is 1.60. The molecule has 0 saturated carbocycles. The molecule has 2 atom stereocenters. The predicted octanol–water partition coefficient (Wildman–Crippen LogP) is 1.88. The minimum absolute atomic E-state index is 0.0770. The van der Waals surface area contributed by atoms with E-state index in [1.54, 1.807) is 9.58 Å².